The van der Waals surface area contributed by atoms with Gasteiger partial charge in [0.15, 0.2) is 12.4 Å². The maximum absolute atomic E-state index is 12.0. The van der Waals surface area contributed by atoms with Crippen molar-refractivity contribution in [3.05, 3.63) is 34.9 Å². The third-order valence-corrected chi connectivity index (χ3v) is 7.69. The molecule has 0 fully saturated rings. The molecule has 0 aliphatic rings. The Labute approximate surface area is 202 Å². The topological polar surface area (TPSA) is 52.6 Å². The molecule has 4 nitrogen and oxygen atoms in total. The molecular formula is C23H35Cl3O4Si. The van der Waals surface area contributed by atoms with E-state index in [9.17, 15) is 9.59 Å². The van der Waals surface area contributed by atoms with E-state index in [4.69, 9.17) is 42.7 Å². The molecule has 31 heavy (non-hydrogen) atoms. The fourth-order valence-electron chi connectivity index (χ4n) is 3.26. The van der Waals surface area contributed by atoms with Gasteiger partial charge in [-0.1, -0.05) is 75.1 Å². The number of ketones is 1. The molecule has 0 N–H and O–H groups in total. The first-order valence-electron chi connectivity index (χ1n) is 11.1. The Morgan fingerprint density at radius 1 is 0.839 bits per heavy atom. The molecule has 0 bridgehead atoms. The Morgan fingerprint density at radius 2 is 1.42 bits per heavy atom. The maximum atomic E-state index is 12.0. The van der Waals surface area contributed by atoms with Crippen molar-refractivity contribution in [2.24, 2.45) is 0 Å². The molecule has 0 aromatic heterocycles. The SMILES string of the molecule is Cc1ccc(C)c(CC(=O)COC(=O)OCCCCCCCCCCC[Si](Cl)(Cl)Cl)c1. The number of halogens is 3. The van der Waals surface area contributed by atoms with Gasteiger partial charge in [0, 0.05) is 6.42 Å². The summed E-state index contributed by atoms with van der Waals surface area (Å²) in [5.74, 6) is -0.139. The van der Waals surface area contributed by atoms with Crippen molar-refractivity contribution in [3.8, 4) is 0 Å². The third-order valence-electron chi connectivity index (χ3n) is 5.07. The molecule has 0 atom stereocenters. The van der Waals surface area contributed by atoms with Crippen LogP contribution in [-0.2, 0) is 20.7 Å². The monoisotopic (exact) mass is 508 g/mol. The molecule has 1 aromatic carbocycles. The third kappa shape index (κ3) is 15.7. The summed E-state index contributed by atoms with van der Waals surface area (Å²) in [4.78, 5) is 23.7. The van der Waals surface area contributed by atoms with Crippen LogP contribution in [0, 0.1) is 13.8 Å². The number of hydrogen-bond acceptors (Lipinski definition) is 4. The smallest absolute Gasteiger partial charge is 0.434 e. The molecule has 0 radical (unpaired) electrons. The lowest BCUT2D eigenvalue weighted by atomic mass is 10.0. The predicted octanol–water partition coefficient (Wildman–Crippen LogP) is 7.73. The van der Waals surface area contributed by atoms with Gasteiger partial charge in [0.05, 0.1) is 6.61 Å². The van der Waals surface area contributed by atoms with Gasteiger partial charge in [-0.25, -0.2) is 4.79 Å². The molecule has 0 unspecified atom stereocenters. The lowest BCUT2D eigenvalue weighted by molar-refractivity contribution is -0.122. The number of Topliss-reactive ketones (excluding diaryl/α,β-unsaturated/α-hetero) is 1. The van der Waals surface area contributed by atoms with Crippen LogP contribution in [0.4, 0.5) is 4.79 Å². The molecule has 0 heterocycles. The van der Waals surface area contributed by atoms with E-state index in [0.717, 1.165) is 54.8 Å². The number of unbranched alkanes of at least 4 members (excludes halogenated alkanes) is 8. The molecule has 176 valence electrons. The second kappa shape index (κ2) is 16.0. The van der Waals surface area contributed by atoms with Gasteiger partial charge in [0.2, 0.25) is 0 Å². The second-order valence-corrected chi connectivity index (χ2v) is 17.4. The fraction of sp³-hybridized carbons (Fsp3) is 0.652. The highest BCUT2D eigenvalue weighted by atomic mass is 35.8. The lowest BCUT2D eigenvalue weighted by Gasteiger charge is -2.08. The van der Waals surface area contributed by atoms with Crippen LogP contribution in [0.2, 0.25) is 6.04 Å². The minimum Gasteiger partial charge on any atom is -0.434 e. The van der Waals surface area contributed by atoms with Crippen molar-refractivity contribution in [1.29, 1.82) is 0 Å². The number of ether oxygens (including phenoxy) is 2. The van der Waals surface area contributed by atoms with Crippen LogP contribution in [0.15, 0.2) is 18.2 Å². The Balaban J connectivity index is 1.96. The summed E-state index contributed by atoms with van der Waals surface area (Å²) >= 11 is 17.6. The summed E-state index contributed by atoms with van der Waals surface area (Å²) < 4.78 is 9.97. The quantitative estimate of drug-likeness (QED) is 0.0989. The molecule has 0 amide bonds. The molecule has 0 spiro atoms. The molecule has 1 rings (SSSR count). The van der Waals surface area contributed by atoms with E-state index >= 15 is 0 Å². The number of carbonyl (C=O) groups is 2. The summed E-state index contributed by atoms with van der Waals surface area (Å²) in [6, 6.07) is 4.30. The summed E-state index contributed by atoms with van der Waals surface area (Å²) in [6.07, 6.45) is 9.34. The zero-order valence-electron chi connectivity index (χ0n) is 18.7. The van der Waals surface area contributed by atoms with Crippen LogP contribution in [0.1, 0.15) is 74.5 Å². The van der Waals surface area contributed by atoms with Crippen molar-refractivity contribution >= 4 is 51.2 Å². The first kappa shape index (κ1) is 28.3. The molecule has 1 aromatic rings. The Bertz CT molecular complexity index is 677. The van der Waals surface area contributed by atoms with Crippen molar-refractivity contribution in [3.63, 3.8) is 0 Å². The zero-order valence-corrected chi connectivity index (χ0v) is 22.0. The van der Waals surface area contributed by atoms with E-state index in [0.29, 0.717) is 6.61 Å². The van der Waals surface area contributed by atoms with Crippen molar-refractivity contribution < 1.29 is 19.1 Å². The van der Waals surface area contributed by atoms with E-state index in [1.165, 1.54) is 25.7 Å². The minimum atomic E-state index is -2.44. The van der Waals surface area contributed by atoms with E-state index in [1.807, 2.05) is 32.0 Å². The molecule has 8 heteroatoms. The summed E-state index contributed by atoms with van der Waals surface area (Å²) in [6.45, 7) is 4.02. The van der Waals surface area contributed by atoms with Crippen LogP contribution < -0.4 is 0 Å². The minimum absolute atomic E-state index is 0.139. The second-order valence-electron chi connectivity index (χ2n) is 8.08. The van der Waals surface area contributed by atoms with E-state index in [1.54, 1.807) is 0 Å². The van der Waals surface area contributed by atoms with Crippen molar-refractivity contribution in [1.82, 2.24) is 0 Å². The maximum Gasteiger partial charge on any atom is 0.508 e. The highest BCUT2D eigenvalue weighted by molar-refractivity contribution is 7.64. The summed E-state index contributed by atoms with van der Waals surface area (Å²) in [7, 11) is 0. The van der Waals surface area contributed by atoms with E-state index in [2.05, 4.69) is 0 Å². The van der Waals surface area contributed by atoms with Gasteiger partial charge in [-0.3, -0.25) is 4.79 Å². The van der Waals surface area contributed by atoms with Gasteiger partial charge >= 0.3 is 12.2 Å². The predicted molar refractivity (Wildman–Crippen MR) is 132 cm³/mol. The Morgan fingerprint density at radius 3 is 2.03 bits per heavy atom. The van der Waals surface area contributed by atoms with Gasteiger partial charge in [0.25, 0.3) is 0 Å². The molecular weight excluding hydrogens is 475 g/mol. The first-order chi connectivity index (χ1) is 14.7. The summed E-state index contributed by atoms with van der Waals surface area (Å²) in [5, 5.41) is 0. The van der Waals surface area contributed by atoms with Gasteiger partial charge < -0.3 is 9.47 Å². The number of rotatable bonds is 16. The normalized spacial score (nSPS) is 11.4. The number of carbonyl (C=O) groups excluding carboxylic acids is 2. The molecule has 0 aliphatic carbocycles. The number of aryl methyl sites for hydroxylation is 2. The zero-order chi connectivity index (χ0) is 23.1. The molecule has 0 saturated heterocycles. The van der Waals surface area contributed by atoms with E-state index < -0.39 is 12.2 Å². The Hall–Kier alpha value is -0.753. The standard InChI is InChI=1S/C23H35Cl3O4Si/c1-19-12-13-20(2)21(16-19)17-22(27)18-30-23(28)29-14-10-8-6-4-3-5-7-9-11-15-31(24,25)26/h12-13,16H,3-11,14-15,17-18H2,1-2H3. The van der Waals surface area contributed by atoms with Crippen LogP contribution in [0.5, 0.6) is 0 Å². The van der Waals surface area contributed by atoms with Gasteiger partial charge in [-0.15, -0.1) is 33.2 Å². The van der Waals surface area contributed by atoms with Crippen LogP contribution in [-0.4, -0.2) is 31.2 Å². The number of benzene rings is 1. The van der Waals surface area contributed by atoms with Crippen LogP contribution in [0.25, 0.3) is 0 Å². The summed E-state index contributed by atoms with van der Waals surface area (Å²) in [5.41, 5.74) is 3.13. The largest absolute Gasteiger partial charge is 0.508 e. The highest BCUT2D eigenvalue weighted by Gasteiger charge is 2.23. The molecule has 0 saturated carbocycles. The fourth-order valence-corrected chi connectivity index (χ4v) is 5.11. The average Bonchev–Trinajstić information content (AvgIpc) is 2.69. The average molecular weight is 510 g/mol. The number of hydrogen-bond donors (Lipinski definition) is 0. The van der Waals surface area contributed by atoms with Crippen molar-refractivity contribution in [2.75, 3.05) is 13.2 Å². The van der Waals surface area contributed by atoms with Crippen molar-refractivity contribution in [2.45, 2.75) is 84.1 Å². The van der Waals surface area contributed by atoms with Crippen LogP contribution >= 0.6 is 33.2 Å². The Kier molecular flexibility index (Phi) is 14.6. The first-order valence-corrected chi connectivity index (χ1v) is 16.4. The highest BCUT2D eigenvalue weighted by Crippen LogP contribution is 2.27. The molecule has 0 aliphatic heterocycles. The van der Waals surface area contributed by atoms with Crippen LogP contribution in [0.3, 0.4) is 0 Å². The van der Waals surface area contributed by atoms with Gasteiger partial charge in [0.1, 0.15) is 0 Å². The van der Waals surface area contributed by atoms with Gasteiger partial charge in [-0.2, -0.15) is 0 Å². The van der Waals surface area contributed by atoms with E-state index in [-0.39, 0.29) is 18.8 Å². The lowest BCUT2D eigenvalue weighted by Crippen LogP contribution is -2.17. The van der Waals surface area contributed by atoms with Gasteiger partial charge in [-0.05, 0) is 37.4 Å².